The second-order valence-electron chi connectivity index (χ2n) is 0. The van der Waals surface area contributed by atoms with Crippen LogP contribution in [0.3, 0.4) is 0 Å². The fourth-order valence-electron chi connectivity index (χ4n) is 0. The van der Waals surface area contributed by atoms with E-state index in [1.165, 1.54) is 0 Å². The summed E-state index contributed by atoms with van der Waals surface area (Å²) in [6.07, 6.45) is 0. The van der Waals surface area contributed by atoms with Gasteiger partial charge in [-0.25, -0.2) is 0 Å². The summed E-state index contributed by atoms with van der Waals surface area (Å²) >= 11 is 0. The molecule has 0 aromatic rings. The van der Waals surface area contributed by atoms with Crippen LogP contribution in [0.25, 0.3) is 0 Å². The molecule has 0 unspecified atom stereocenters. The SMILES string of the molecule is [Li].[Mg].[Mn].[Ni]. The zero-order valence-electron chi connectivity index (χ0n) is 2.40. The Hall–Kier alpha value is 2.38. The van der Waals surface area contributed by atoms with E-state index in [9.17, 15) is 0 Å². The summed E-state index contributed by atoms with van der Waals surface area (Å²) in [6, 6.07) is 0. The molecule has 4 heavy (non-hydrogen) atoms. The van der Waals surface area contributed by atoms with Gasteiger partial charge in [-0.15, -0.1) is 0 Å². The molecule has 4 heteroatoms. The molecule has 0 N–H and O–H groups in total. The molecule has 0 saturated carbocycles. The molecule has 0 spiro atoms. The van der Waals surface area contributed by atoms with Crippen molar-refractivity contribution in [2.24, 2.45) is 0 Å². The van der Waals surface area contributed by atoms with E-state index in [1.807, 2.05) is 0 Å². The van der Waals surface area contributed by atoms with Crippen molar-refractivity contribution >= 4 is 41.9 Å². The van der Waals surface area contributed by atoms with E-state index >= 15 is 0 Å². The van der Waals surface area contributed by atoms with Crippen LogP contribution in [0.1, 0.15) is 0 Å². The Morgan fingerprint density at radius 1 is 1.00 bits per heavy atom. The molecule has 0 aliphatic heterocycles. The molecule has 0 rings (SSSR count). The monoisotopic (exact) mass is 144 g/mol. The Kier molecular flexibility index (Phi) is 149. The van der Waals surface area contributed by atoms with Crippen LogP contribution >= 0.6 is 0 Å². The quantitative estimate of drug-likeness (QED) is 0.392. The molecule has 0 aliphatic rings. The molecular weight excluding hydrogens is 145 g/mol. The largest absolute Gasteiger partial charge is 0 e. The van der Waals surface area contributed by atoms with Crippen molar-refractivity contribution in [3.05, 3.63) is 0 Å². The first-order valence-electron chi connectivity index (χ1n) is 0. The van der Waals surface area contributed by atoms with Gasteiger partial charge in [0.25, 0.3) is 0 Å². The normalized spacial score (nSPS) is 0. The molecule has 4 radical (unpaired) electrons. The molecule has 20 valence electrons. The molecule has 0 nitrogen and oxygen atoms in total. The van der Waals surface area contributed by atoms with Gasteiger partial charge in [0.2, 0.25) is 0 Å². The summed E-state index contributed by atoms with van der Waals surface area (Å²) in [5, 5.41) is 0. The molecule has 0 aromatic carbocycles. The van der Waals surface area contributed by atoms with Gasteiger partial charge >= 0.3 is 0 Å². The third-order valence-corrected chi connectivity index (χ3v) is 0. The summed E-state index contributed by atoms with van der Waals surface area (Å²) in [6.45, 7) is 0. The first kappa shape index (κ1) is 32.6. The second kappa shape index (κ2) is 18.2. The zero-order chi connectivity index (χ0) is 0. The molecule has 0 saturated heterocycles. The molecule has 0 bridgehead atoms. The van der Waals surface area contributed by atoms with Crippen LogP contribution in [0, 0.1) is 0 Å². The van der Waals surface area contributed by atoms with Crippen molar-refractivity contribution in [2.75, 3.05) is 0 Å². The summed E-state index contributed by atoms with van der Waals surface area (Å²) in [5.41, 5.74) is 0. The molecule has 0 heterocycles. The Bertz CT molecular complexity index is 8.00. The summed E-state index contributed by atoms with van der Waals surface area (Å²) in [5.74, 6) is 0. The number of hydrogen-bond donors (Lipinski definition) is 0. The van der Waals surface area contributed by atoms with E-state index < -0.39 is 0 Å². The fraction of sp³-hybridized carbons (Fsp3) is 0. The predicted molar refractivity (Wildman–Crippen MR) is 11.5 cm³/mol. The van der Waals surface area contributed by atoms with Gasteiger partial charge in [0.1, 0.15) is 0 Å². The van der Waals surface area contributed by atoms with Gasteiger partial charge in [0, 0.05) is 75.5 Å². The molecular formula is LiMgMnNi. The Morgan fingerprint density at radius 2 is 1.00 bits per heavy atom. The maximum absolute atomic E-state index is 0. The number of rotatable bonds is 0. The van der Waals surface area contributed by atoms with Gasteiger partial charge in [0.05, 0.1) is 0 Å². The third-order valence-electron chi connectivity index (χ3n) is 0. The van der Waals surface area contributed by atoms with E-state index in [1.54, 1.807) is 0 Å². The molecule has 0 amide bonds. The van der Waals surface area contributed by atoms with Gasteiger partial charge in [-0.05, 0) is 0 Å². The second-order valence-corrected chi connectivity index (χ2v) is 0. The Balaban J connectivity index is 0. The topological polar surface area (TPSA) is 0 Å². The maximum Gasteiger partial charge on any atom is 0 e. The minimum absolute atomic E-state index is 0. The molecule has 0 fully saturated rings. The molecule has 0 atom stereocenters. The molecule has 0 aromatic heterocycles. The molecule has 0 aliphatic carbocycles. The predicted octanol–water partition coefficient (Wildman–Crippen LogP) is -0.767. The van der Waals surface area contributed by atoms with Crippen LogP contribution in [-0.4, -0.2) is 41.9 Å². The average Bonchev–Trinajstić information content (AvgIpc) is 0. The summed E-state index contributed by atoms with van der Waals surface area (Å²) in [7, 11) is 0. The smallest absolute Gasteiger partial charge is 0 e. The van der Waals surface area contributed by atoms with Crippen LogP contribution in [0.2, 0.25) is 0 Å². The van der Waals surface area contributed by atoms with Crippen molar-refractivity contribution in [3.8, 4) is 0 Å². The van der Waals surface area contributed by atoms with Gasteiger partial charge in [0.15, 0.2) is 0 Å². The van der Waals surface area contributed by atoms with Crippen molar-refractivity contribution in [3.63, 3.8) is 0 Å². The first-order valence-corrected chi connectivity index (χ1v) is 0. The number of hydrogen-bond acceptors (Lipinski definition) is 0. The van der Waals surface area contributed by atoms with Crippen LogP contribution < -0.4 is 0 Å². The minimum Gasteiger partial charge on any atom is 0 e. The van der Waals surface area contributed by atoms with Gasteiger partial charge in [-0.3, -0.25) is 0 Å². The van der Waals surface area contributed by atoms with Gasteiger partial charge in [-0.1, -0.05) is 0 Å². The first-order chi connectivity index (χ1) is 0. The zero-order valence-corrected chi connectivity index (χ0v) is 5.98. The Labute approximate surface area is 74.6 Å². The van der Waals surface area contributed by atoms with E-state index in [0.29, 0.717) is 0 Å². The van der Waals surface area contributed by atoms with Crippen LogP contribution in [0.4, 0.5) is 0 Å². The average molecular weight is 145 g/mol. The van der Waals surface area contributed by atoms with Crippen molar-refractivity contribution in [1.82, 2.24) is 0 Å². The third kappa shape index (κ3) is 8.83. The van der Waals surface area contributed by atoms with Crippen molar-refractivity contribution in [1.29, 1.82) is 0 Å². The van der Waals surface area contributed by atoms with Gasteiger partial charge in [-0.2, -0.15) is 0 Å². The summed E-state index contributed by atoms with van der Waals surface area (Å²) < 4.78 is 0. The summed E-state index contributed by atoms with van der Waals surface area (Å²) in [4.78, 5) is 0. The van der Waals surface area contributed by atoms with Crippen LogP contribution in [0.5, 0.6) is 0 Å². The fourth-order valence-corrected chi connectivity index (χ4v) is 0. The van der Waals surface area contributed by atoms with Crippen LogP contribution in [-0.2, 0) is 33.6 Å². The van der Waals surface area contributed by atoms with Crippen molar-refractivity contribution in [2.45, 2.75) is 0 Å². The van der Waals surface area contributed by atoms with E-state index in [-0.39, 0.29) is 75.5 Å². The van der Waals surface area contributed by atoms with E-state index in [0.717, 1.165) is 0 Å². The Morgan fingerprint density at radius 3 is 1.00 bits per heavy atom. The van der Waals surface area contributed by atoms with Crippen LogP contribution in [0.15, 0.2) is 0 Å². The maximum atomic E-state index is 0. The minimum atomic E-state index is 0. The van der Waals surface area contributed by atoms with E-state index in [4.69, 9.17) is 0 Å². The van der Waals surface area contributed by atoms with Crippen molar-refractivity contribution < 1.29 is 33.6 Å². The standard InChI is InChI=1S/Li.Mg.Mn.Ni. The van der Waals surface area contributed by atoms with Gasteiger partial charge < -0.3 is 0 Å². The van der Waals surface area contributed by atoms with E-state index in [2.05, 4.69) is 0 Å².